The Labute approximate surface area is 145 Å². The van der Waals surface area contributed by atoms with Crippen molar-refractivity contribution in [2.75, 3.05) is 31.9 Å². The van der Waals surface area contributed by atoms with E-state index in [0.29, 0.717) is 15.8 Å². The molecule has 0 aliphatic carbocycles. The van der Waals surface area contributed by atoms with E-state index in [2.05, 4.69) is 0 Å². The van der Waals surface area contributed by atoms with Crippen LogP contribution in [0.25, 0.3) is 0 Å². The summed E-state index contributed by atoms with van der Waals surface area (Å²) in [6, 6.07) is 5.68. The van der Waals surface area contributed by atoms with Crippen molar-refractivity contribution < 1.29 is 9.69 Å². The van der Waals surface area contributed by atoms with Gasteiger partial charge in [-0.1, -0.05) is 29.3 Å². The largest absolute Gasteiger partial charge is 0.333 e. The van der Waals surface area contributed by atoms with E-state index in [4.69, 9.17) is 23.2 Å². The van der Waals surface area contributed by atoms with Crippen LogP contribution in [0.1, 0.15) is 30.2 Å². The third kappa shape index (κ3) is 3.73. The number of nitrogens with one attached hydrogen (secondary N) is 1. The van der Waals surface area contributed by atoms with Crippen molar-refractivity contribution in [3.8, 4) is 0 Å². The number of hydrogen-bond donors (Lipinski definition) is 1. The number of halogens is 2. The van der Waals surface area contributed by atoms with Crippen molar-refractivity contribution >= 4 is 40.9 Å². The SMILES string of the molecule is O=C1CS[C@@H](c2ccc(Cl)c(Cl)c2)N1CC[NH+]1CCCCC1. The second kappa shape index (κ2) is 7.43. The van der Waals surface area contributed by atoms with Gasteiger partial charge in [-0.15, -0.1) is 11.8 Å². The second-order valence-corrected chi connectivity index (χ2v) is 7.87. The van der Waals surface area contributed by atoms with Gasteiger partial charge in [-0.3, -0.25) is 4.79 Å². The highest BCUT2D eigenvalue weighted by molar-refractivity contribution is 8.00. The average Bonchev–Trinajstić information content (AvgIpc) is 2.90. The van der Waals surface area contributed by atoms with Crippen molar-refractivity contribution in [1.82, 2.24) is 4.90 Å². The fraction of sp³-hybridized carbons (Fsp3) is 0.562. The molecule has 0 saturated carbocycles. The maximum absolute atomic E-state index is 12.2. The first kappa shape index (κ1) is 16.4. The molecule has 1 atom stereocenters. The molecule has 1 aromatic carbocycles. The summed E-state index contributed by atoms with van der Waals surface area (Å²) in [6.07, 6.45) is 3.98. The highest BCUT2D eigenvalue weighted by atomic mass is 35.5. The lowest BCUT2D eigenvalue weighted by atomic mass is 10.1. The van der Waals surface area contributed by atoms with Gasteiger partial charge in [0.2, 0.25) is 5.91 Å². The predicted octanol–water partition coefficient (Wildman–Crippen LogP) is 2.64. The predicted molar refractivity (Wildman–Crippen MR) is 92.8 cm³/mol. The number of thioether (sulfide) groups is 1. The van der Waals surface area contributed by atoms with Crippen LogP contribution >= 0.6 is 35.0 Å². The molecule has 0 spiro atoms. The van der Waals surface area contributed by atoms with Gasteiger partial charge in [-0.05, 0) is 37.0 Å². The number of quaternary nitrogens is 1. The number of benzene rings is 1. The third-order valence-corrected chi connectivity index (χ3v) is 6.46. The average molecular weight is 360 g/mol. The van der Waals surface area contributed by atoms with E-state index in [9.17, 15) is 4.79 Å². The quantitative estimate of drug-likeness (QED) is 0.893. The summed E-state index contributed by atoms with van der Waals surface area (Å²) in [7, 11) is 0. The van der Waals surface area contributed by atoms with Gasteiger partial charge in [-0.2, -0.15) is 0 Å². The minimum absolute atomic E-state index is 0.0754. The Balaban J connectivity index is 1.67. The fourth-order valence-corrected chi connectivity index (χ4v) is 4.73. The van der Waals surface area contributed by atoms with Crippen LogP contribution in [0.5, 0.6) is 0 Å². The minimum Gasteiger partial charge on any atom is -0.333 e. The molecule has 2 fully saturated rings. The molecule has 0 bridgehead atoms. The van der Waals surface area contributed by atoms with Crippen LogP contribution in [0.4, 0.5) is 0 Å². The standard InChI is InChI=1S/C16H20Cl2N2OS/c17-13-5-4-12(10-14(13)18)16-20(15(21)11-22-16)9-8-19-6-2-1-3-7-19/h4-5,10,16H,1-3,6-9,11H2/p+1/t16-/m0/s1. The van der Waals surface area contributed by atoms with Crippen molar-refractivity contribution in [1.29, 1.82) is 0 Å². The first-order chi connectivity index (χ1) is 10.6. The summed E-state index contributed by atoms with van der Waals surface area (Å²) < 4.78 is 0. The zero-order valence-corrected chi connectivity index (χ0v) is 14.8. The molecule has 2 saturated heterocycles. The topological polar surface area (TPSA) is 24.8 Å². The summed E-state index contributed by atoms with van der Waals surface area (Å²) in [5, 5.41) is 1.19. The molecule has 3 rings (SSSR count). The molecule has 0 aromatic heterocycles. The number of nitrogens with zero attached hydrogens (tertiary/aromatic N) is 1. The zero-order chi connectivity index (χ0) is 15.5. The lowest BCUT2D eigenvalue weighted by molar-refractivity contribution is -0.904. The van der Waals surface area contributed by atoms with Crippen molar-refractivity contribution in [2.24, 2.45) is 0 Å². The molecule has 2 aliphatic heterocycles. The monoisotopic (exact) mass is 359 g/mol. The van der Waals surface area contributed by atoms with Gasteiger partial charge in [0.25, 0.3) is 0 Å². The van der Waals surface area contributed by atoms with E-state index in [0.717, 1.165) is 18.7 Å². The van der Waals surface area contributed by atoms with E-state index in [-0.39, 0.29) is 11.3 Å². The van der Waals surface area contributed by atoms with Crippen molar-refractivity contribution in [3.05, 3.63) is 33.8 Å². The smallest absolute Gasteiger partial charge is 0.234 e. The maximum atomic E-state index is 12.2. The summed E-state index contributed by atoms with van der Waals surface area (Å²) >= 11 is 13.8. The van der Waals surface area contributed by atoms with Gasteiger partial charge in [-0.25, -0.2) is 0 Å². The van der Waals surface area contributed by atoms with E-state index >= 15 is 0 Å². The molecule has 3 nitrogen and oxygen atoms in total. The molecule has 2 heterocycles. The van der Waals surface area contributed by atoms with Gasteiger partial charge in [0, 0.05) is 0 Å². The van der Waals surface area contributed by atoms with Gasteiger partial charge < -0.3 is 9.80 Å². The van der Waals surface area contributed by atoms with Gasteiger partial charge in [0.1, 0.15) is 5.37 Å². The van der Waals surface area contributed by atoms with Crippen LogP contribution in [0, 0.1) is 0 Å². The number of likely N-dealkylation sites (tertiary alicyclic amines) is 1. The number of carbonyl (C=O) groups is 1. The molecular formula is C16H21Cl2N2OS+. The Morgan fingerprint density at radius 3 is 2.68 bits per heavy atom. The zero-order valence-electron chi connectivity index (χ0n) is 12.5. The van der Waals surface area contributed by atoms with Crippen LogP contribution in [0.3, 0.4) is 0 Å². The summed E-state index contributed by atoms with van der Waals surface area (Å²) in [5.74, 6) is 0.790. The highest BCUT2D eigenvalue weighted by Crippen LogP contribution is 2.39. The summed E-state index contributed by atoms with van der Waals surface area (Å²) in [5.41, 5.74) is 1.07. The van der Waals surface area contributed by atoms with Crippen LogP contribution in [0.15, 0.2) is 18.2 Å². The lowest BCUT2D eigenvalue weighted by Gasteiger charge is -2.28. The van der Waals surface area contributed by atoms with Crippen LogP contribution in [-0.2, 0) is 4.79 Å². The molecule has 6 heteroatoms. The van der Waals surface area contributed by atoms with Crippen LogP contribution in [-0.4, -0.2) is 42.7 Å². The molecule has 0 radical (unpaired) electrons. The molecular weight excluding hydrogens is 339 g/mol. The van der Waals surface area contributed by atoms with Crippen LogP contribution < -0.4 is 4.90 Å². The number of rotatable bonds is 4. The maximum Gasteiger partial charge on any atom is 0.234 e. The summed E-state index contributed by atoms with van der Waals surface area (Å²) in [4.78, 5) is 15.9. The molecule has 22 heavy (non-hydrogen) atoms. The fourth-order valence-electron chi connectivity index (χ4n) is 3.22. The lowest BCUT2D eigenvalue weighted by Crippen LogP contribution is -3.13. The van der Waals surface area contributed by atoms with Crippen molar-refractivity contribution in [2.45, 2.75) is 24.6 Å². The van der Waals surface area contributed by atoms with E-state index in [1.165, 1.54) is 32.4 Å². The van der Waals surface area contributed by atoms with Gasteiger partial charge >= 0.3 is 0 Å². The molecule has 2 aliphatic rings. The molecule has 120 valence electrons. The minimum atomic E-state index is 0.0754. The van der Waals surface area contributed by atoms with E-state index in [1.54, 1.807) is 16.7 Å². The van der Waals surface area contributed by atoms with E-state index in [1.807, 2.05) is 23.1 Å². The Kier molecular flexibility index (Phi) is 5.55. The van der Waals surface area contributed by atoms with Gasteiger partial charge in [0.05, 0.1) is 42.0 Å². The molecule has 0 unspecified atom stereocenters. The molecule has 1 N–H and O–H groups in total. The second-order valence-electron chi connectivity index (χ2n) is 5.98. The Bertz CT molecular complexity index is 549. The first-order valence-electron chi connectivity index (χ1n) is 7.85. The molecule has 1 amide bonds. The third-order valence-electron chi connectivity index (χ3n) is 4.46. The number of carbonyl (C=O) groups excluding carboxylic acids is 1. The number of hydrogen-bond acceptors (Lipinski definition) is 2. The van der Waals surface area contributed by atoms with Crippen molar-refractivity contribution in [3.63, 3.8) is 0 Å². The van der Waals surface area contributed by atoms with E-state index < -0.39 is 0 Å². The Morgan fingerprint density at radius 1 is 1.18 bits per heavy atom. The van der Waals surface area contributed by atoms with Gasteiger partial charge in [0.15, 0.2) is 0 Å². The normalized spacial score (nSPS) is 23.3. The first-order valence-corrected chi connectivity index (χ1v) is 9.65. The number of piperidine rings is 1. The highest BCUT2D eigenvalue weighted by Gasteiger charge is 2.33. The number of amides is 1. The Morgan fingerprint density at radius 2 is 1.95 bits per heavy atom. The summed E-state index contributed by atoms with van der Waals surface area (Å²) in [6.45, 7) is 4.36. The molecule has 1 aromatic rings. The van der Waals surface area contributed by atoms with Crippen LogP contribution in [0.2, 0.25) is 10.0 Å². The Hall–Kier alpha value is -0.420.